The lowest BCUT2D eigenvalue weighted by Crippen LogP contribution is -2.43. The summed E-state index contributed by atoms with van der Waals surface area (Å²) in [4.78, 5) is 14.0. The molecule has 2 fully saturated rings. The van der Waals surface area contributed by atoms with Crippen molar-refractivity contribution < 1.29 is 4.79 Å². The molecule has 1 aliphatic carbocycles. The lowest BCUT2D eigenvalue weighted by molar-refractivity contribution is -0.121. The normalized spacial score (nSPS) is 35.1. The molecule has 2 rings (SSSR count). The number of carbonyl (C=O) groups is 1. The maximum Gasteiger partial charge on any atom is 0.137 e. The molecule has 0 radical (unpaired) electrons. The smallest absolute Gasteiger partial charge is 0.137 e. The fourth-order valence-electron chi connectivity index (χ4n) is 2.40. The standard InChI is InChI=1S/C11H19NOS/c1-9-8-14-6-5-12(9)7-10-3-2-4-11(10)13/h9-10H,2-8H2,1H3. The van der Waals surface area contributed by atoms with Gasteiger partial charge in [0.2, 0.25) is 0 Å². The van der Waals surface area contributed by atoms with Crippen LogP contribution in [0.3, 0.4) is 0 Å². The zero-order valence-electron chi connectivity index (χ0n) is 8.87. The van der Waals surface area contributed by atoms with Crippen molar-refractivity contribution in [2.24, 2.45) is 5.92 Å². The van der Waals surface area contributed by atoms with E-state index in [2.05, 4.69) is 11.8 Å². The van der Waals surface area contributed by atoms with E-state index in [9.17, 15) is 4.79 Å². The topological polar surface area (TPSA) is 20.3 Å². The van der Waals surface area contributed by atoms with Crippen LogP contribution in [-0.2, 0) is 4.79 Å². The first-order valence-electron chi connectivity index (χ1n) is 5.62. The van der Waals surface area contributed by atoms with Gasteiger partial charge in [0, 0.05) is 43.0 Å². The molecule has 1 saturated heterocycles. The second-order valence-electron chi connectivity index (χ2n) is 4.47. The first kappa shape index (κ1) is 10.5. The summed E-state index contributed by atoms with van der Waals surface area (Å²) in [6, 6.07) is 0.669. The Morgan fingerprint density at radius 3 is 3.07 bits per heavy atom. The van der Waals surface area contributed by atoms with Crippen molar-refractivity contribution >= 4 is 17.5 Å². The summed E-state index contributed by atoms with van der Waals surface area (Å²) in [7, 11) is 0. The number of ketones is 1. The van der Waals surface area contributed by atoms with Crippen molar-refractivity contribution in [3.8, 4) is 0 Å². The summed E-state index contributed by atoms with van der Waals surface area (Å²) < 4.78 is 0. The van der Waals surface area contributed by atoms with Gasteiger partial charge in [0.25, 0.3) is 0 Å². The Balaban J connectivity index is 1.86. The van der Waals surface area contributed by atoms with Crippen molar-refractivity contribution in [1.29, 1.82) is 0 Å². The molecule has 14 heavy (non-hydrogen) atoms. The summed E-state index contributed by atoms with van der Waals surface area (Å²) >= 11 is 2.04. The molecule has 0 aromatic heterocycles. The molecule has 0 aromatic rings. The predicted octanol–water partition coefficient (Wildman–Crippen LogP) is 1.79. The van der Waals surface area contributed by atoms with Crippen LogP contribution in [0.2, 0.25) is 0 Å². The van der Waals surface area contributed by atoms with Crippen molar-refractivity contribution in [2.75, 3.05) is 24.6 Å². The van der Waals surface area contributed by atoms with E-state index in [0.717, 1.165) is 25.8 Å². The molecular formula is C11H19NOS. The van der Waals surface area contributed by atoms with E-state index in [1.807, 2.05) is 11.8 Å². The lowest BCUT2D eigenvalue weighted by Gasteiger charge is -2.34. The minimum atomic E-state index is 0.362. The SMILES string of the molecule is CC1CSCCN1CC1CCCC1=O. The van der Waals surface area contributed by atoms with E-state index in [4.69, 9.17) is 0 Å². The molecule has 0 amide bonds. The number of rotatable bonds is 2. The minimum absolute atomic E-state index is 0.362. The highest BCUT2D eigenvalue weighted by atomic mass is 32.2. The highest BCUT2D eigenvalue weighted by Gasteiger charge is 2.28. The monoisotopic (exact) mass is 213 g/mol. The van der Waals surface area contributed by atoms with Crippen molar-refractivity contribution in [3.63, 3.8) is 0 Å². The Morgan fingerprint density at radius 1 is 1.57 bits per heavy atom. The fourth-order valence-corrected chi connectivity index (χ4v) is 3.48. The van der Waals surface area contributed by atoms with Gasteiger partial charge in [-0.1, -0.05) is 0 Å². The van der Waals surface area contributed by atoms with Gasteiger partial charge in [-0.2, -0.15) is 11.8 Å². The summed E-state index contributed by atoms with van der Waals surface area (Å²) in [5.74, 6) is 3.35. The highest BCUT2D eigenvalue weighted by Crippen LogP contribution is 2.25. The number of hydrogen-bond donors (Lipinski definition) is 0. The largest absolute Gasteiger partial charge is 0.299 e. The Labute approximate surface area is 90.4 Å². The van der Waals surface area contributed by atoms with E-state index in [1.54, 1.807) is 0 Å². The van der Waals surface area contributed by atoms with Gasteiger partial charge in [-0.05, 0) is 19.8 Å². The molecule has 2 unspecified atom stereocenters. The predicted molar refractivity (Wildman–Crippen MR) is 60.7 cm³/mol. The molecule has 1 aliphatic heterocycles. The fraction of sp³-hybridized carbons (Fsp3) is 0.909. The molecule has 0 spiro atoms. The maximum absolute atomic E-state index is 11.5. The number of thioether (sulfide) groups is 1. The van der Waals surface area contributed by atoms with Gasteiger partial charge in [-0.15, -0.1) is 0 Å². The van der Waals surface area contributed by atoms with Gasteiger partial charge in [0.1, 0.15) is 5.78 Å². The third kappa shape index (κ3) is 2.31. The summed E-state index contributed by atoms with van der Waals surface area (Å²) in [5.41, 5.74) is 0. The van der Waals surface area contributed by atoms with Gasteiger partial charge < -0.3 is 0 Å². The summed E-state index contributed by atoms with van der Waals surface area (Å²) in [6.45, 7) is 4.49. The van der Waals surface area contributed by atoms with Crippen LogP contribution >= 0.6 is 11.8 Å². The second-order valence-corrected chi connectivity index (χ2v) is 5.62. The van der Waals surface area contributed by atoms with Crippen LogP contribution in [-0.4, -0.2) is 41.3 Å². The van der Waals surface area contributed by atoms with E-state index < -0.39 is 0 Å². The second kappa shape index (κ2) is 4.67. The summed E-state index contributed by atoms with van der Waals surface area (Å²) in [5, 5.41) is 0. The Kier molecular flexibility index (Phi) is 3.50. The average Bonchev–Trinajstić information content (AvgIpc) is 2.56. The molecule has 2 atom stereocenters. The molecule has 2 aliphatic rings. The van der Waals surface area contributed by atoms with Crippen LogP contribution in [0.1, 0.15) is 26.2 Å². The third-order valence-electron chi connectivity index (χ3n) is 3.39. The number of carbonyl (C=O) groups excluding carboxylic acids is 1. The zero-order valence-corrected chi connectivity index (χ0v) is 9.68. The minimum Gasteiger partial charge on any atom is -0.299 e. The van der Waals surface area contributed by atoms with Crippen LogP contribution in [0.4, 0.5) is 0 Å². The van der Waals surface area contributed by atoms with E-state index >= 15 is 0 Å². The van der Waals surface area contributed by atoms with Gasteiger partial charge in [-0.3, -0.25) is 9.69 Å². The quantitative estimate of drug-likeness (QED) is 0.697. The highest BCUT2D eigenvalue weighted by molar-refractivity contribution is 7.99. The Morgan fingerprint density at radius 2 is 2.43 bits per heavy atom. The number of hydrogen-bond acceptors (Lipinski definition) is 3. The third-order valence-corrected chi connectivity index (χ3v) is 4.58. The molecule has 2 nitrogen and oxygen atoms in total. The number of nitrogens with zero attached hydrogens (tertiary/aromatic N) is 1. The zero-order chi connectivity index (χ0) is 9.97. The van der Waals surface area contributed by atoms with Crippen molar-refractivity contribution in [3.05, 3.63) is 0 Å². The number of Topliss-reactive ketones (excluding diaryl/α,β-unsaturated/α-hetero) is 1. The molecule has 1 heterocycles. The molecule has 0 bridgehead atoms. The molecule has 0 N–H and O–H groups in total. The molecular weight excluding hydrogens is 194 g/mol. The van der Waals surface area contributed by atoms with Crippen LogP contribution in [0.25, 0.3) is 0 Å². The first-order valence-corrected chi connectivity index (χ1v) is 6.77. The van der Waals surface area contributed by atoms with E-state index in [-0.39, 0.29) is 0 Å². The maximum atomic E-state index is 11.5. The average molecular weight is 213 g/mol. The molecule has 3 heteroatoms. The van der Waals surface area contributed by atoms with Crippen molar-refractivity contribution in [2.45, 2.75) is 32.2 Å². The Bertz CT molecular complexity index is 219. The van der Waals surface area contributed by atoms with Crippen LogP contribution < -0.4 is 0 Å². The molecule has 80 valence electrons. The van der Waals surface area contributed by atoms with Gasteiger partial charge >= 0.3 is 0 Å². The summed E-state index contributed by atoms with van der Waals surface area (Å²) in [6.07, 6.45) is 3.09. The van der Waals surface area contributed by atoms with Gasteiger partial charge in [0.05, 0.1) is 0 Å². The first-order chi connectivity index (χ1) is 6.77. The van der Waals surface area contributed by atoms with E-state index in [1.165, 1.54) is 18.1 Å². The molecule has 1 saturated carbocycles. The van der Waals surface area contributed by atoms with Crippen molar-refractivity contribution in [1.82, 2.24) is 4.90 Å². The molecule has 0 aromatic carbocycles. The van der Waals surface area contributed by atoms with Crippen LogP contribution in [0.5, 0.6) is 0 Å². The lowest BCUT2D eigenvalue weighted by atomic mass is 10.1. The Hall–Kier alpha value is -0.0200. The van der Waals surface area contributed by atoms with Crippen LogP contribution in [0, 0.1) is 5.92 Å². The van der Waals surface area contributed by atoms with Gasteiger partial charge in [0.15, 0.2) is 0 Å². The van der Waals surface area contributed by atoms with Gasteiger partial charge in [-0.25, -0.2) is 0 Å². The van der Waals surface area contributed by atoms with Crippen LogP contribution in [0.15, 0.2) is 0 Å². The van der Waals surface area contributed by atoms with E-state index in [0.29, 0.717) is 17.7 Å².